The molecule has 2 atom stereocenters. The summed E-state index contributed by atoms with van der Waals surface area (Å²) in [6, 6.07) is 11.9. The summed E-state index contributed by atoms with van der Waals surface area (Å²) >= 11 is 0.999. The highest BCUT2D eigenvalue weighted by Gasteiger charge is 2.50. The Morgan fingerprint density at radius 2 is 1.76 bits per heavy atom. The minimum absolute atomic E-state index is 0.136. The summed E-state index contributed by atoms with van der Waals surface area (Å²) in [5.74, 6) is -1.23. The number of alkyl halides is 2. The number of hydrogen-bond donors (Lipinski definition) is 3. The number of likely N-dealkylation sites (tertiary alicyclic amines) is 1. The second-order valence-corrected chi connectivity index (χ2v) is 13.9. The van der Waals surface area contributed by atoms with Gasteiger partial charge in [-0.1, -0.05) is 45.0 Å². The van der Waals surface area contributed by atoms with Crippen molar-refractivity contribution in [2.75, 3.05) is 18.5 Å². The van der Waals surface area contributed by atoms with Crippen LogP contribution in [0.5, 0.6) is 0 Å². The molecule has 2 aromatic carbocycles. The van der Waals surface area contributed by atoms with Gasteiger partial charge in [0.15, 0.2) is 0 Å². The first kappa shape index (κ1) is 30.8. The molecule has 4 rings (SSSR count). The minimum atomic E-state index is -5.75. The van der Waals surface area contributed by atoms with Gasteiger partial charge in [-0.15, -0.1) is 11.3 Å². The average Bonchev–Trinajstić information content (AvgIpc) is 3.57. The molecule has 0 aliphatic carbocycles. The van der Waals surface area contributed by atoms with Crippen molar-refractivity contribution in [2.45, 2.75) is 51.4 Å². The molecule has 0 spiro atoms. The fraction of sp³-hybridized carbons (Fsp3) is 0.393. The summed E-state index contributed by atoms with van der Waals surface area (Å²) in [4.78, 5) is 61.8. The predicted octanol–water partition coefficient (Wildman–Crippen LogP) is 4.93. The fourth-order valence-corrected chi connectivity index (χ4v) is 6.24. The van der Waals surface area contributed by atoms with Crippen LogP contribution in [0.3, 0.4) is 0 Å². The molecule has 9 nitrogen and oxygen atoms in total. The smallest absolute Gasteiger partial charge is 0.339 e. The Bertz CT molecular complexity index is 1520. The molecule has 2 heterocycles. The van der Waals surface area contributed by atoms with Crippen molar-refractivity contribution in [1.82, 2.24) is 10.2 Å². The van der Waals surface area contributed by atoms with E-state index in [-0.39, 0.29) is 16.2 Å². The Morgan fingerprint density at radius 3 is 2.37 bits per heavy atom. The zero-order valence-electron chi connectivity index (χ0n) is 23.0. The molecular weight excluding hydrogens is 575 g/mol. The van der Waals surface area contributed by atoms with Gasteiger partial charge in [-0.2, -0.15) is 8.78 Å². The first-order valence-corrected chi connectivity index (χ1v) is 15.4. The van der Waals surface area contributed by atoms with Gasteiger partial charge in [0.2, 0.25) is 11.8 Å². The van der Waals surface area contributed by atoms with Crippen LogP contribution < -0.4 is 10.2 Å². The van der Waals surface area contributed by atoms with E-state index >= 15 is 0 Å². The zero-order valence-corrected chi connectivity index (χ0v) is 24.7. The molecule has 0 bridgehead atoms. The second-order valence-electron chi connectivity index (χ2n) is 11.1. The van der Waals surface area contributed by atoms with Gasteiger partial charge in [0.05, 0.1) is 4.88 Å². The van der Waals surface area contributed by atoms with Crippen LogP contribution in [0, 0.1) is 5.41 Å². The molecule has 1 aliphatic rings. The maximum absolute atomic E-state index is 14.2. The molecule has 1 aliphatic heterocycles. The molecule has 1 fully saturated rings. The van der Waals surface area contributed by atoms with E-state index < -0.39 is 48.1 Å². The predicted molar refractivity (Wildman–Crippen MR) is 153 cm³/mol. The molecular formula is C28H32F2N3O6PS. The number of nitrogens with zero attached hydrogens (tertiary/aromatic N) is 2. The molecule has 0 unspecified atom stereocenters. The first-order valence-electron chi connectivity index (χ1n) is 12.9. The van der Waals surface area contributed by atoms with E-state index in [4.69, 9.17) is 9.79 Å². The second kappa shape index (κ2) is 11.2. The Labute approximate surface area is 240 Å². The number of carbonyl (C=O) groups excluding carboxylic acids is 3. The number of thiophene rings is 1. The number of halogens is 2. The largest absolute Gasteiger partial charge is 0.399 e. The average molecular weight is 608 g/mol. The molecule has 3 amide bonds. The van der Waals surface area contributed by atoms with Gasteiger partial charge < -0.3 is 24.9 Å². The van der Waals surface area contributed by atoms with Gasteiger partial charge in [-0.25, -0.2) is 0 Å². The lowest BCUT2D eigenvalue weighted by Gasteiger charge is -2.36. The maximum Gasteiger partial charge on any atom is 0.399 e. The van der Waals surface area contributed by atoms with Gasteiger partial charge in [0.25, 0.3) is 5.91 Å². The molecule has 1 saturated heterocycles. The highest BCUT2D eigenvalue weighted by molar-refractivity contribution is 7.52. The van der Waals surface area contributed by atoms with Crippen LogP contribution in [0.2, 0.25) is 0 Å². The normalized spacial score (nSPS) is 17.0. The number of anilines is 1. The van der Waals surface area contributed by atoms with Crippen LogP contribution in [0.15, 0.2) is 54.6 Å². The van der Waals surface area contributed by atoms with Gasteiger partial charge in [-0.3, -0.25) is 18.9 Å². The first-order chi connectivity index (χ1) is 19.0. The quantitative estimate of drug-likeness (QED) is 0.327. The summed E-state index contributed by atoms with van der Waals surface area (Å²) in [6.07, 6.45) is 1.12. The lowest BCUT2D eigenvalue weighted by atomic mass is 9.85. The third-order valence-electron chi connectivity index (χ3n) is 7.14. The van der Waals surface area contributed by atoms with Crippen LogP contribution in [0.25, 0.3) is 10.1 Å². The van der Waals surface area contributed by atoms with Gasteiger partial charge >= 0.3 is 13.3 Å². The van der Waals surface area contributed by atoms with Crippen LogP contribution in [0.1, 0.15) is 48.8 Å². The molecule has 3 N–H and O–H groups in total. The summed E-state index contributed by atoms with van der Waals surface area (Å²) in [5, 5.41) is 2.99. The van der Waals surface area contributed by atoms with E-state index in [1.165, 1.54) is 21.9 Å². The number of likely N-dealkylation sites (N-methyl/N-ethyl adjacent to an activating group) is 1. The van der Waals surface area contributed by atoms with E-state index in [9.17, 15) is 27.7 Å². The fourth-order valence-electron chi connectivity index (χ4n) is 4.82. The van der Waals surface area contributed by atoms with Crippen molar-refractivity contribution in [2.24, 2.45) is 5.41 Å². The van der Waals surface area contributed by atoms with Crippen molar-refractivity contribution in [3.63, 3.8) is 0 Å². The van der Waals surface area contributed by atoms with Crippen molar-refractivity contribution in [3.05, 3.63) is 65.0 Å². The summed E-state index contributed by atoms with van der Waals surface area (Å²) in [6.45, 7) is 5.74. The Balaban J connectivity index is 1.56. The number of fused-ring (bicyclic) bond motifs is 1. The van der Waals surface area contributed by atoms with Crippen molar-refractivity contribution in [3.8, 4) is 0 Å². The molecule has 41 heavy (non-hydrogen) atoms. The molecule has 0 radical (unpaired) electrons. The Hall–Kier alpha value is -3.18. The SMILES string of the molecule is CN(C(=O)[C@@H]1CCCN1C(=O)[C@@H](NC(=O)c1cc2cc(C(F)(F)P(=O)(O)O)ccc2s1)C(C)(C)C)c1ccccc1. The van der Waals surface area contributed by atoms with E-state index in [2.05, 4.69) is 5.32 Å². The standard InChI is InChI=1S/C28H32F2N3O6PS/c1-27(2,3)23(26(36)33-14-8-11-20(33)25(35)32(4)19-9-6-5-7-10-19)31-24(34)22-16-17-15-18(12-13-21(17)41-22)28(29,30)40(37,38)39/h5-7,9-10,12-13,15-16,20,23H,8,11,14H2,1-4H3,(H,31,34)(H2,37,38,39)/t20-,23+/m0/s1. The van der Waals surface area contributed by atoms with Gasteiger partial charge in [-0.05, 0) is 54.0 Å². The van der Waals surface area contributed by atoms with Gasteiger partial charge in [0.1, 0.15) is 12.1 Å². The third-order valence-corrected chi connectivity index (χ3v) is 9.24. The lowest BCUT2D eigenvalue weighted by molar-refractivity contribution is -0.141. The Kier molecular flexibility index (Phi) is 8.44. The van der Waals surface area contributed by atoms with E-state index in [0.29, 0.717) is 29.8 Å². The molecule has 1 aromatic heterocycles. The van der Waals surface area contributed by atoms with Gasteiger partial charge in [0, 0.05) is 29.5 Å². The number of rotatable bonds is 7. The lowest BCUT2D eigenvalue weighted by Crippen LogP contribution is -2.57. The van der Waals surface area contributed by atoms with E-state index in [0.717, 1.165) is 23.5 Å². The van der Waals surface area contributed by atoms with Crippen molar-refractivity contribution < 1.29 is 37.5 Å². The summed E-state index contributed by atoms with van der Waals surface area (Å²) in [5.41, 5.74) is -5.28. The minimum Gasteiger partial charge on any atom is -0.339 e. The molecule has 0 saturated carbocycles. The van der Waals surface area contributed by atoms with Crippen molar-refractivity contribution in [1.29, 1.82) is 0 Å². The monoisotopic (exact) mass is 607 g/mol. The topological polar surface area (TPSA) is 127 Å². The van der Waals surface area contributed by atoms with Crippen LogP contribution >= 0.6 is 18.9 Å². The summed E-state index contributed by atoms with van der Waals surface area (Å²) in [7, 11) is -4.10. The molecule has 13 heteroatoms. The third kappa shape index (κ3) is 6.21. The van der Waals surface area contributed by atoms with Crippen LogP contribution in [-0.4, -0.2) is 58.1 Å². The number of para-hydroxylation sites is 1. The molecule has 220 valence electrons. The van der Waals surface area contributed by atoms with Crippen molar-refractivity contribution >= 4 is 52.4 Å². The van der Waals surface area contributed by atoms with E-state index in [1.54, 1.807) is 40.0 Å². The number of carbonyl (C=O) groups is 3. The molecule has 3 aromatic rings. The van der Waals surface area contributed by atoms with E-state index in [1.807, 2.05) is 18.2 Å². The number of amides is 3. The zero-order chi connectivity index (χ0) is 30.3. The highest BCUT2D eigenvalue weighted by atomic mass is 32.1. The van der Waals surface area contributed by atoms with Crippen LogP contribution in [-0.2, 0) is 19.8 Å². The number of benzene rings is 2. The van der Waals surface area contributed by atoms with Crippen LogP contribution in [0.4, 0.5) is 14.5 Å². The maximum atomic E-state index is 14.2. The number of nitrogens with one attached hydrogen (secondary N) is 1. The number of hydrogen-bond acceptors (Lipinski definition) is 5. The summed E-state index contributed by atoms with van der Waals surface area (Å²) < 4.78 is 40.2. The highest BCUT2D eigenvalue weighted by Crippen LogP contribution is 2.59. The Morgan fingerprint density at radius 1 is 1.10 bits per heavy atom.